The Labute approximate surface area is 187 Å². The Morgan fingerprint density at radius 2 is 1.52 bits per heavy atom. The van der Waals surface area contributed by atoms with Gasteiger partial charge in [0.05, 0.1) is 11.4 Å². The summed E-state index contributed by atoms with van der Waals surface area (Å²) in [6.07, 6.45) is 1.03. The zero-order valence-corrected chi connectivity index (χ0v) is 18.1. The molecule has 0 fully saturated rings. The molecule has 0 unspecified atom stereocenters. The van der Waals surface area contributed by atoms with Crippen LogP contribution in [-0.4, -0.2) is 10.4 Å². The lowest BCUT2D eigenvalue weighted by Gasteiger charge is -2.24. The van der Waals surface area contributed by atoms with Gasteiger partial charge in [0.25, 0.3) is 0 Å². The third-order valence-corrected chi connectivity index (χ3v) is 6.32. The van der Waals surface area contributed by atoms with Crippen molar-refractivity contribution in [3.63, 3.8) is 0 Å². The molecule has 0 saturated carbocycles. The standard InChI is InChI=1S/C26H18BrF2NO/c27-19-8-6-17(7-9-19)24-15-23-25(30(24)22-13-20(28)12-21(29)14-22)10-18(11-26(23)31)16-4-2-1-3-5-16/h1-9,12-15,18H,10-11H2/t18-/m1/s1. The van der Waals surface area contributed by atoms with E-state index in [1.54, 1.807) is 0 Å². The topological polar surface area (TPSA) is 22.0 Å². The van der Waals surface area contributed by atoms with E-state index in [-0.39, 0.29) is 11.7 Å². The molecule has 0 radical (unpaired) electrons. The Morgan fingerprint density at radius 1 is 0.839 bits per heavy atom. The highest BCUT2D eigenvalue weighted by atomic mass is 79.9. The molecule has 4 aromatic rings. The third-order valence-electron chi connectivity index (χ3n) is 5.79. The number of Topliss-reactive ketones (excluding diaryl/α,β-unsaturated/α-hetero) is 1. The van der Waals surface area contributed by atoms with Crippen molar-refractivity contribution in [3.05, 3.63) is 112 Å². The molecule has 1 aromatic heterocycles. The lowest BCUT2D eigenvalue weighted by molar-refractivity contribution is 0.0963. The molecule has 5 heteroatoms. The molecular formula is C26H18BrF2NO. The van der Waals surface area contributed by atoms with Crippen LogP contribution in [-0.2, 0) is 6.42 Å². The van der Waals surface area contributed by atoms with Gasteiger partial charge < -0.3 is 4.57 Å². The van der Waals surface area contributed by atoms with Gasteiger partial charge in [-0.1, -0.05) is 58.4 Å². The van der Waals surface area contributed by atoms with Crippen LogP contribution in [0.1, 0.15) is 34.0 Å². The molecule has 0 aliphatic heterocycles. The lowest BCUT2D eigenvalue weighted by atomic mass is 9.82. The normalized spacial score (nSPS) is 15.7. The number of carbonyl (C=O) groups excluding carboxylic acids is 1. The van der Waals surface area contributed by atoms with E-state index in [2.05, 4.69) is 15.9 Å². The molecule has 5 rings (SSSR count). The van der Waals surface area contributed by atoms with Crippen molar-refractivity contribution in [3.8, 4) is 16.9 Å². The molecule has 0 bridgehead atoms. The van der Waals surface area contributed by atoms with E-state index in [1.807, 2.05) is 65.2 Å². The molecule has 2 nitrogen and oxygen atoms in total. The first-order chi connectivity index (χ1) is 15.0. The van der Waals surface area contributed by atoms with Crippen molar-refractivity contribution in [2.24, 2.45) is 0 Å². The number of rotatable bonds is 3. The zero-order valence-electron chi connectivity index (χ0n) is 16.5. The number of ketones is 1. The molecule has 1 heterocycles. The maximum atomic E-state index is 14.1. The minimum absolute atomic E-state index is 0.0195. The highest BCUT2D eigenvalue weighted by Crippen LogP contribution is 2.39. The summed E-state index contributed by atoms with van der Waals surface area (Å²) in [5.74, 6) is -1.24. The minimum atomic E-state index is -0.652. The molecule has 1 aliphatic rings. The molecular weight excluding hydrogens is 460 g/mol. The van der Waals surface area contributed by atoms with Crippen molar-refractivity contribution >= 4 is 21.7 Å². The summed E-state index contributed by atoms with van der Waals surface area (Å²) >= 11 is 3.44. The lowest BCUT2D eigenvalue weighted by Crippen LogP contribution is -2.20. The zero-order chi connectivity index (χ0) is 21.5. The Morgan fingerprint density at radius 3 is 2.19 bits per heavy atom. The van der Waals surface area contributed by atoms with E-state index in [1.165, 1.54) is 12.1 Å². The highest BCUT2D eigenvalue weighted by Gasteiger charge is 2.31. The summed E-state index contributed by atoms with van der Waals surface area (Å²) < 4.78 is 31.0. The van der Waals surface area contributed by atoms with Gasteiger partial charge in [-0.2, -0.15) is 0 Å². The minimum Gasteiger partial charge on any atom is -0.313 e. The quantitative estimate of drug-likeness (QED) is 0.308. The number of hydrogen-bond donors (Lipinski definition) is 0. The maximum Gasteiger partial charge on any atom is 0.165 e. The van der Waals surface area contributed by atoms with Crippen LogP contribution in [0.3, 0.4) is 0 Å². The highest BCUT2D eigenvalue weighted by molar-refractivity contribution is 9.10. The van der Waals surface area contributed by atoms with Crippen LogP contribution in [0.2, 0.25) is 0 Å². The van der Waals surface area contributed by atoms with Gasteiger partial charge in [0.1, 0.15) is 11.6 Å². The number of benzene rings is 3. The number of carbonyl (C=O) groups is 1. The van der Waals surface area contributed by atoms with E-state index in [0.29, 0.717) is 24.1 Å². The molecule has 154 valence electrons. The summed E-state index contributed by atoms with van der Waals surface area (Å²) in [6.45, 7) is 0. The molecule has 31 heavy (non-hydrogen) atoms. The van der Waals surface area contributed by atoms with E-state index >= 15 is 0 Å². The summed E-state index contributed by atoms with van der Waals surface area (Å²) in [5.41, 5.74) is 4.47. The Bertz CT molecular complexity index is 1260. The molecule has 0 N–H and O–H groups in total. The maximum absolute atomic E-state index is 14.1. The van der Waals surface area contributed by atoms with Crippen molar-refractivity contribution < 1.29 is 13.6 Å². The largest absolute Gasteiger partial charge is 0.313 e. The average Bonchev–Trinajstić information content (AvgIpc) is 3.14. The Kier molecular flexibility index (Phi) is 5.06. The average molecular weight is 478 g/mol. The number of halogens is 3. The molecule has 1 atom stereocenters. The third kappa shape index (κ3) is 3.74. The summed E-state index contributed by atoms with van der Waals surface area (Å²) in [6, 6.07) is 22.9. The summed E-state index contributed by atoms with van der Waals surface area (Å²) in [5, 5.41) is 0. The van der Waals surface area contributed by atoms with Crippen molar-refractivity contribution in [1.82, 2.24) is 4.57 Å². The van der Waals surface area contributed by atoms with Gasteiger partial charge in [0.2, 0.25) is 0 Å². The van der Waals surface area contributed by atoms with Crippen molar-refractivity contribution in [2.45, 2.75) is 18.8 Å². The summed E-state index contributed by atoms with van der Waals surface area (Å²) in [4.78, 5) is 13.1. The number of nitrogens with zero attached hydrogens (tertiary/aromatic N) is 1. The van der Waals surface area contributed by atoms with Crippen LogP contribution in [0.4, 0.5) is 8.78 Å². The van der Waals surface area contributed by atoms with Gasteiger partial charge in [-0.25, -0.2) is 8.78 Å². The fourth-order valence-electron chi connectivity index (χ4n) is 4.39. The van der Waals surface area contributed by atoms with Crippen LogP contribution in [0.15, 0.2) is 83.3 Å². The first kappa shape index (κ1) is 19.9. The second-order valence-corrected chi connectivity index (χ2v) is 8.71. The van der Waals surface area contributed by atoms with Gasteiger partial charge >= 0.3 is 0 Å². The molecule has 0 spiro atoms. The predicted octanol–water partition coefficient (Wildman–Crippen LogP) is 7.10. The molecule has 1 aliphatic carbocycles. The second kappa shape index (κ2) is 7.89. The van der Waals surface area contributed by atoms with Crippen LogP contribution in [0.25, 0.3) is 16.9 Å². The first-order valence-corrected chi connectivity index (χ1v) is 10.8. The van der Waals surface area contributed by atoms with Crippen LogP contribution in [0, 0.1) is 11.6 Å². The molecule has 3 aromatic carbocycles. The van der Waals surface area contributed by atoms with Crippen molar-refractivity contribution in [2.75, 3.05) is 0 Å². The van der Waals surface area contributed by atoms with Gasteiger partial charge in [-0.15, -0.1) is 0 Å². The molecule has 0 saturated heterocycles. The van der Waals surface area contributed by atoms with Crippen LogP contribution >= 0.6 is 15.9 Å². The van der Waals surface area contributed by atoms with Gasteiger partial charge in [0.15, 0.2) is 5.78 Å². The van der Waals surface area contributed by atoms with Gasteiger partial charge in [-0.3, -0.25) is 4.79 Å². The summed E-state index contributed by atoms with van der Waals surface area (Å²) in [7, 11) is 0. The van der Waals surface area contributed by atoms with E-state index in [4.69, 9.17) is 0 Å². The second-order valence-electron chi connectivity index (χ2n) is 7.80. The smallest absolute Gasteiger partial charge is 0.165 e. The number of aromatic nitrogens is 1. The van der Waals surface area contributed by atoms with Crippen molar-refractivity contribution in [1.29, 1.82) is 0 Å². The molecule has 0 amide bonds. The monoisotopic (exact) mass is 477 g/mol. The fraction of sp³-hybridized carbons (Fsp3) is 0.115. The Hall–Kier alpha value is -3.05. The SMILES string of the molecule is O=C1C[C@H](c2ccccc2)Cc2c1cc(-c1ccc(Br)cc1)n2-c1cc(F)cc(F)c1. The van der Waals surface area contributed by atoms with Crippen LogP contribution in [0.5, 0.6) is 0 Å². The predicted molar refractivity (Wildman–Crippen MR) is 121 cm³/mol. The van der Waals surface area contributed by atoms with E-state index < -0.39 is 11.6 Å². The first-order valence-electron chi connectivity index (χ1n) is 10.0. The van der Waals surface area contributed by atoms with E-state index in [9.17, 15) is 13.6 Å². The Balaban J connectivity index is 1.73. The number of fused-ring (bicyclic) bond motifs is 1. The number of hydrogen-bond acceptors (Lipinski definition) is 1. The van der Waals surface area contributed by atoms with Gasteiger partial charge in [-0.05, 0) is 53.8 Å². The van der Waals surface area contributed by atoms with Crippen LogP contribution < -0.4 is 0 Å². The fourth-order valence-corrected chi connectivity index (χ4v) is 4.65. The van der Waals surface area contributed by atoms with Gasteiger partial charge in [0, 0.05) is 28.2 Å². The van der Waals surface area contributed by atoms with E-state index in [0.717, 1.165) is 33.1 Å².